The lowest BCUT2D eigenvalue weighted by Crippen LogP contribution is -1.69. The smallest absolute Gasteiger partial charge is 0.109 e. The third-order valence-electron chi connectivity index (χ3n) is 0.560. The molecule has 0 heterocycles. The van der Waals surface area contributed by atoms with E-state index in [1.807, 2.05) is 0 Å². The Labute approximate surface area is 49.7 Å². The summed E-state index contributed by atoms with van der Waals surface area (Å²) in [6, 6.07) is 0. The number of aliphatic imine (C=N–C) groups is 2. The molecule has 0 radical (unpaired) electrons. The third-order valence-corrected chi connectivity index (χ3v) is 0.560. The number of allylic oxidation sites excluding steroid dienone is 1. The van der Waals surface area contributed by atoms with E-state index in [4.69, 9.17) is 0 Å². The van der Waals surface area contributed by atoms with Gasteiger partial charge in [0.05, 0.1) is 0 Å². The third kappa shape index (κ3) is 5.08. The fraction of sp³-hybridized carbons (Fsp3) is 0.333. The van der Waals surface area contributed by atoms with Crippen LogP contribution in [0.3, 0.4) is 0 Å². The standard InChI is InChI=1S/C6H10N2/c1-3-4-5-8-6-7-2/h3,5-6H,1,4H2,2H3. The van der Waals surface area contributed by atoms with Crippen LogP contribution in [0.15, 0.2) is 22.6 Å². The maximum atomic E-state index is 3.79. The van der Waals surface area contributed by atoms with Crippen molar-refractivity contribution in [3.8, 4) is 0 Å². The van der Waals surface area contributed by atoms with Gasteiger partial charge in [0.25, 0.3) is 0 Å². The molecular formula is C6H10N2. The summed E-state index contributed by atoms with van der Waals surface area (Å²) in [6.45, 7) is 3.52. The van der Waals surface area contributed by atoms with Gasteiger partial charge in [0.1, 0.15) is 6.34 Å². The van der Waals surface area contributed by atoms with Crippen molar-refractivity contribution in [3.63, 3.8) is 0 Å². The summed E-state index contributed by atoms with van der Waals surface area (Å²) in [4.78, 5) is 7.44. The van der Waals surface area contributed by atoms with Gasteiger partial charge in [-0.15, -0.1) is 6.58 Å². The van der Waals surface area contributed by atoms with Crippen molar-refractivity contribution < 1.29 is 0 Å². The minimum atomic E-state index is 0.812. The van der Waals surface area contributed by atoms with Crippen LogP contribution in [-0.2, 0) is 0 Å². The molecule has 0 aliphatic heterocycles. The summed E-state index contributed by atoms with van der Waals surface area (Å²) in [5.74, 6) is 0. The first kappa shape index (κ1) is 7.08. The van der Waals surface area contributed by atoms with Crippen LogP contribution in [0, 0.1) is 0 Å². The Morgan fingerprint density at radius 2 is 2.38 bits per heavy atom. The summed E-state index contributed by atoms with van der Waals surface area (Å²) in [5, 5.41) is 0. The van der Waals surface area contributed by atoms with Crippen molar-refractivity contribution in [1.82, 2.24) is 0 Å². The van der Waals surface area contributed by atoms with E-state index in [2.05, 4.69) is 16.6 Å². The molecule has 8 heavy (non-hydrogen) atoms. The Morgan fingerprint density at radius 3 is 2.88 bits per heavy atom. The molecular weight excluding hydrogens is 100 g/mol. The first-order valence-corrected chi connectivity index (χ1v) is 2.45. The maximum absolute atomic E-state index is 3.79. The van der Waals surface area contributed by atoms with Gasteiger partial charge >= 0.3 is 0 Å². The zero-order valence-electron chi connectivity index (χ0n) is 5.04. The van der Waals surface area contributed by atoms with Crippen molar-refractivity contribution in [2.24, 2.45) is 9.98 Å². The first-order chi connectivity index (χ1) is 3.91. The summed E-state index contributed by atoms with van der Waals surface area (Å²) in [5.41, 5.74) is 0. The molecule has 0 saturated carbocycles. The highest BCUT2D eigenvalue weighted by atomic mass is 14.8. The van der Waals surface area contributed by atoms with Crippen LogP contribution in [0.2, 0.25) is 0 Å². The van der Waals surface area contributed by atoms with E-state index in [-0.39, 0.29) is 0 Å². The highest BCUT2D eigenvalue weighted by Crippen LogP contribution is 1.70. The fourth-order valence-electron chi connectivity index (χ4n) is 0.249. The Kier molecular flexibility index (Phi) is 5.38. The van der Waals surface area contributed by atoms with Crippen molar-refractivity contribution >= 4 is 12.6 Å². The minimum Gasteiger partial charge on any atom is -0.277 e. The van der Waals surface area contributed by atoms with Gasteiger partial charge in [-0.3, -0.25) is 4.99 Å². The Morgan fingerprint density at radius 1 is 1.62 bits per heavy atom. The Hall–Kier alpha value is -0.920. The highest BCUT2D eigenvalue weighted by Gasteiger charge is 1.62. The fourth-order valence-corrected chi connectivity index (χ4v) is 0.249. The lowest BCUT2D eigenvalue weighted by Gasteiger charge is -1.73. The Bertz CT molecular complexity index is 103. The average Bonchev–Trinajstić information content (AvgIpc) is 1.81. The second-order valence-corrected chi connectivity index (χ2v) is 1.23. The molecule has 2 heteroatoms. The summed E-state index contributed by atoms with van der Waals surface area (Å²) in [7, 11) is 1.69. The summed E-state index contributed by atoms with van der Waals surface area (Å²) < 4.78 is 0. The molecule has 0 N–H and O–H groups in total. The van der Waals surface area contributed by atoms with Crippen LogP contribution in [0.5, 0.6) is 0 Å². The van der Waals surface area contributed by atoms with Gasteiger partial charge in [-0.2, -0.15) is 0 Å². The normalized spacial score (nSPS) is 11.1. The largest absolute Gasteiger partial charge is 0.277 e. The van der Waals surface area contributed by atoms with E-state index in [1.165, 1.54) is 6.34 Å². The Balaban J connectivity index is 3.19. The van der Waals surface area contributed by atoms with Gasteiger partial charge in [-0.1, -0.05) is 6.08 Å². The van der Waals surface area contributed by atoms with Crippen LogP contribution in [0.1, 0.15) is 6.42 Å². The molecule has 0 atom stereocenters. The second-order valence-electron chi connectivity index (χ2n) is 1.23. The van der Waals surface area contributed by atoms with Gasteiger partial charge in [-0.25, -0.2) is 4.99 Å². The lowest BCUT2D eigenvalue weighted by molar-refractivity contribution is 1.44. The molecule has 0 aromatic rings. The van der Waals surface area contributed by atoms with Crippen LogP contribution in [-0.4, -0.2) is 19.6 Å². The van der Waals surface area contributed by atoms with Crippen molar-refractivity contribution in [1.29, 1.82) is 0 Å². The molecule has 0 fully saturated rings. The molecule has 0 saturated heterocycles. The number of hydrogen-bond acceptors (Lipinski definition) is 1. The molecule has 0 aromatic carbocycles. The zero-order chi connectivity index (χ0) is 6.24. The quantitative estimate of drug-likeness (QED) is 0.297. The van der Waals surface area contributed by atoms with Crippen LogP contribution in [0.25, 0.3) is 0 Å². The van der Waals surface area contributed by atoms with Crippen LogP contribution in [0.4, 0.5) is 0 Å². The van der Waals surface area contributed by atoms with E-state index >= 15 is 0 Å². The van der Waals surface area contributed by atoms with Crippen molar-refractivity contribution in [2.75, 3.05) is 7.05 Å². The molecule has 0 spiro atoms. The first-order valence-electron chi connectivity index (χ1n) is 2.45. The predicted molar refractivity (Wildman–Crippen MR) is 37.7 cm³/mol. The molecule has 44 valence electrons. The molecule has 0 aliphatic rings. The summed E-state index contributed by atoms with van der Waals surface area (Å²) >= 11 is 0. The van der Waals surface area contributed by atoms with Crippen molar-refractivity contribution in [2.45, 2.75) is 6.42 Å². The number of rotatable bonds is 3. The van der Waals surface area contributed by atoms with Crippen LogP contribution < -0.4 is 0 Å². The van der Waals surface area contributed by atoms with E-state index in [0.717, 1.165) is 6.42 Å². The highest BCUT2D eigenvalue weighted by molar-refractivity contribution is 5.72. The molecule has 0 rings (SSSR count). The number of nitrogens with zero attached hydrogens (tertiary/aromatic N) is 2. The van der Waals surface area contributed by atoms with Gasteiger partial charge < -0.3 is 0 Å². The molecule has 2 nitrogen and oxygen atoms in total. The zero-order valence-corrected chi connectivity index (χ0v) is 5.04. The average molecular weight is 110 g/mol. The second kappa shape index (κ2) is 6.08. The number of hydrogen-bond donors (Lipinski definition) is 0. The molecule has 0 aliphatic carbocycles. The van der Waals surface area contributed by atoms with Gasteiger partial charge in [0.2, 0.25) is 0 Å². The van der Waals surface area contributed by atoms with Crippen LogP contribution >= 0.6 is 0 Å². The maximum Gasteiger partial charge on any atom is 0.109 e. The molecule has 0 amide bonds. The molecule has 0 unspecified atom stereocenters. The predicted octanol–water partition coefficient (Wildman–Crippen LogP) is 1.29. The van der Waals surface area contributed by atoms with Gasteiger partial charge in [-0.05, 0) is 0 Å². The van der Waals surface area contributed by atoms with Gasteiger partial charge in [0.15, 0.2) is 0 Å². The van der Waals surface area contributed by atoms with Gasteiger partial charge in [0, 0.05) is 19.7 Å². The van der Waals surface area contributed by atoms with E-state index < -0.39 is 0 Å². The van der Waals surface area contributed by atoms with E-state index in [9.17, 15) is 0 Å². The summed E-state index contributed by atoms with van der Waals surface area (Å²) in [6.07, 6.45) is 5.85. The van der Waals surface area contributed by atoms with E-state index in [1.54, 1.807) is 19.3 Å². The van der Waals surface area contributed by atoms with E-state index in [0.29, 0.717) is 0 Å². The minimum absolute atomic E-state index is 0.812. The SMILES string of the molecule is C=CCC=NC=NC. The molecule has 0 aromatic heterocycles. The van der Waals surface area contributed by atoms with Crippen molar-refractivity contribution in [3.05, 3.63) is 12.7 Å². The lowest BCUT2D eigenvalue weighted by atomic mass is 10.5. The topological polar surface area (TPSA) is 24.7 Å². The molecule has 0 bridgehead atoms. The monoisotopic (exact) mass is 110 g/mol.